The smallest absolute Gasteiger partial charge is 0.354 e. The summed E-state index contributed by atoms with van der Waals surface area (Å²) in [7, 11) is 3.20. The van der Waals surface area contributed by atoms with E-state index in [0.29, 0.717) is 23.0 Å². The monoisotopic (exact) mass is 417 g/mol. The second kappa shape index (κ2) is 9.76. The summed E-state index contributed by atoms with van der Waals surface area (Å²) in [6, 6.07) is 10.2. The normalized spacial score (nSPS) is 9.74. The minimum Gasteiger partial charge on any atom is -0.497 e. The molecule has 31 heavy (non-hydrogen) atoms. The number of nitrogen functional groups attached to an aromatic ring is 1. The van der Waals surface area contributed by atoms with E-state index in [1.54, 1.807) is 38.6 Å². The molecule has 9 nitrogen and oxygen atoms in total. The molecule has 0 unspecified atom stereocenters. The molecular formula is C22H19N5O4. The number of carbonyl (C=O) groups is 1. The van der Waals surface area contributed by atoms with Gasteiger partial charge in [0.25, 0.3) is 0 Å². The van der Waals surface area contributed by atoms with Crippen LogP contribution < -0.4 is 15.2 Å². The predicted octanol–water partition coefficient (Wildman–Crippen LogP) is 2.74. The highest BCUT2D eigenvalue weighted by molar-refractivity contribution is 5.91. The average Bonchev–Trinajstić information content (AvgIpc) is 3.23. The van der Waals surface area contributed by atoms with E-state index >= 15 is 0 Å². The van der Waals surface area contributed by atoms with Gasteiger partial charge in [-0.15, -0.1) is 0 Å². The number of hydrogen-bond acceptors (Lipinski definition) is 7. The maximum absolute atomic E-state index is 10.1. The van der Waals surface area contributed by atoms with Crippen molar-refractivity contribution in [2.24, 2.45) is 0 Å². The SMILES string of the molecule is COc1cc(C#Cc2c[nH]c3ncnc(N)c23)cc(OC)c1.O=C(O)c1ccccn1. The molecule has 0 radical (unpaired) electrons. The van der Waals surface area contributed by atoms with Gasteiger partial charge in [-0.1, -0.05) is 17.9 Å². The van der Waals surface area contributed by atoms with Crippen LogP contribution in [0.15, 0.2) is 55.1 Å². The Balaban J connectivity index is 0.000000254. The third kappa shape index (κ3) is 5.27. The van der Waals surface area contributed by atoms with Crippen molar-refractivity contribution in [1.29, 1.82) is 0 Å². The van der Waals surface area contributed by atoms with Gasteiger partial charge in [-0.05, 0) is 24.3 Å². The Morgan fingerprint density at radius 1 is 1.06 bits per heavy atom. The van der Waals surface area contributed by atoms with Crippen molar-refractivity contribution in [2.75, 3.05) is 20.0 Å². The molecule has 0 aliphatic rings. The number of rotatable bonds is 3. The lowest BCUT2D eigenvalue weighted by molar-refractivity contribution is 0.0690. The molecule has 0 saturated heterocycles. The number of pyridine rings is 1. The number of benzene rings is 1. The minimum atomic E-state index is -0.990. The fraction of sp³-hybridized carbons (Fsp3) is 0.0909. The topological polar surface area (TPSA) is 136 Å². The first kappa shape index (κ1) is 21.1. The van der Waals surface area contributed by atoms with Crippen molar-refractivity contribution in [3.05, 3.63) is 71.9 Å². The lowest BCUT2D eigenvalue weighted by Gasteiger charge is -2.04. The summed E-state index contributed by atoms with van der Waals surface area (Å²) >= 11 is 0. The van der Waals surface area contributed by atoms with Gasteiger partial charge in [0.05, 0.1) is 25.2 Å². The minimum absolute atomic E-state index is 0.0810. The lowest BCUT2D eigenvalue weighted by atomic mass is 10.1. The van der Waals surface area contributed by atoms with Crippen molar-refractivity contribution in [3.63, 3.8) is 0 Å². The van der Waals surface area contributed by atoms with Gasteiger partial charge in [-0.3, -0.25) is 0 Å². The summed E-state index contributed by atoms with van der Waals surface area (Å²) in [4.78, 5) is 24.9. The van der Waals surface area contributed by atoms with Gasteiger partial charge in [-0.2, -0.15) is 0 Å². The Morgan fingerprint density at radius 3 is 2.39 bits per heavy atom. The summed E-state index contributed by atoms with van der Waals surface area (Å²) in [6.45, 7) is 0. The molecule has 4 aromatic rings. The van der Waals surface area contributed by atoms with E-state index in [0.717, 1.165) is 16.5 Å². The summed E-state index contributed by atoms with van der Waals surface area (Å²) in [6.07, 6.45) is 4.63. The largest absolute Gasteiger partial charge is 0.497 e. The van der Waals surface area contributed by atoms with E-state index in [2.05, 4.69) is 31.8 Å². The number of anilines is 1. The summed E-state index contributed by atoms with van der Waals surface area (Å²) < 4.78 is 10.5. The maximum Gasteiger partial charge on any atom is 0.354 e. The highest BCUT2D eigenvalue weighted by Crippen LogP contribution is 2.23. The molecule has 156 valence electrons. The molecule has 0 aliphatic heterocycles. The number of carboxylic acids is 1. The number of aromatic amines is 1. The molecule has 0 bridgehead atoms. The summed E-state index contributed by atoms with van der Waals surface area (Å²) in [5, 5.41) is 9.05. The molecule has 9 heteroatoms. The Bertz CT molecular complexity index is 1240. The number of carboxylic acid groups (broad SMARTS) is 1. The molecule has 3 heterocycles. The van der Waals surface area contributed by atoms with E-state index in [4.69, 9.17) is 20.3 Å². The number of nitrogens with zero attached hydrogens (tertiary/aromatic N) is 3. The second-order valence-corrected chi connectivity index (χ2v) is 6.06. The molecule has 3 aromatic heterocycles. The number of H-pyrrole nitrogens is 1. The quantitative estimate of drug-likeness (QED) is 0.433. The van der Waals surface area contributed by atoms with E-state index in [1.807, 2.05) is 12.1 Å². The number of ether oxygens (including phenoxy) is 2. The van der Waals surface area contributed by atoms with Gasteiger partial charge in [0.2, 0.25) is 0 Å². The van der Waals surface area contributed by atoms with Crippen LogP contribution >= 0.6 is 0 Å². The molecule has 0 fully saturated rings. The van der Waals surface area contributed by atoms with Crippen molar-refractivity contribution in [2.45, 2.75) is 0 Å². The number of fused-ring (bicyclic) bond motifs is 1. The first-order valence-electron chi connectivity index (χ1n) is 8.98. The van der Waals surface area contributed by atoms with E-state index < -0.39 is 5.97 Å². The predicted molar refractivity (Wildman–Crippen MR) is 115 cm³/mol. The van der Waals surface area contributed by atoms with E-state index in [9.17, 15) is 4.79 Å². The molecule has 1 aromatic carbocycles. The number of nitrogens with one attached hydrogen (secondary N) is 1. The summed E-state index contributed by atoms with van der Waals surface area (Å²) in [5.41, 5.74) is 8.15. The van der Waals surface area contributed by atoms with E-state index in [-0.39, 0.29) is 5.69 Å². The number of aromatic carboxylic acids is 1. The van der Waals surface area contributed by atoms with Crippen LogP contribution in [0, 0.1) is 11.8 Å². The molecule has 4 N–H and O–H groups in total. The van der Waals surface area contributed by atoms with Crippen LogP contribution in [0.25, 0.3) is 11.0 Å². The second-order valence-electron chi connectivity index (χ2n) is 6.06. The van der Waals surface area contributed by atoms with Crippen LogP contribution in [0.1, 0.15) is 21.6 Å². The van der Waals surface area contributed by atoms with Crippen LogP contribution in [0.5, 0.6) is 11.5 Å². The Hall–Kier alpha value is -4.58. The van der Waals surface area contributed by atoms with Crippen LogP contribution in [0.4, 0.5) is 5.82 Å². The van der Waals surface area contributed by atoms with E-state index in [1.165, 1.54) is 18.6 Å². The zero-order chi connectivity index (χ0) is 22.2. The fourth-order valence-electron chi connectivity index (χ4n) is 2.59. The first-order valence-corrected chi connectivity index (χ1v) is 8.98. The van der Waals surface area contributed by atoms with Crippen molar-refractivity contribution in [1.82, 2.24) is 19.9 Å². The van der Waals surface area contributed by atoms with Gasteiger partial charge >= 0.3 is 5.97 Å². The third-order valence-electron chi connectivity index (χ3n) is 4.08. The Labute approximate surface area is 177 Å². The van der Waals surface area contributed by atoms with Gasteiger partial charge in [0.15, 0.2) is 0 Å². The molecule has 0 aliphatic carbocycles. The van der Waals surface area contributed by atoms with Crippen LogP contribution in [-0.4, -0.2) is 45.2 Å². The molecular weight excluding hydrogens is 398 g/mol. The number of hydrogen-bond donors (Lipinski definition) is 3. The molecule has 4 rings (SSSR count). The van der Waals surface area contributed by atoms with Crippen LogP contribution in [0.2, 0.25) is 0 Å². The van der Waals surface area contributed by atoms with Gasteiger partial charge in [0.1, 0.15) is 35.0 Å². The number of aromatic nitrogens is 4. The zero-order valence-electron chi connectivity index (χ0n) is 16.8. The fourth-order valence-corrected chi connectivity index (χ4v) is 2.59. The zero-order valence-corrected chi connectivity index (χ0v) is 16.8. The molecule has 0 atom stereocenters. The average molecular weight is 417 g/mol. The number of nitrogens with two attached hydrogens (primary N) is 1. The lowest BCUT2D eigenvalue weighted by Crippen LogP contribution is -1.97. The Morgan fingerprint density at radius 2 is 1.81 bits per heavy atom. The van der Waals surface area contributed by atoms with Gasteiger partial charge in [0, 0.05) is 24.0 Å². The molecule has 0 saturated carbocycles. The molecule has 0 spiro atoms. The first-order chi connectivity index (χ1) is 15.0. The van der Waals surface area contributed by atoms with Crippen molar-refractivity contribution in [3.8, 4) is 23.3 Å². The summed E-state index contributed by atoms with van der Waals surface area (Å²) in [5.74, 6) is 6.93. The van der Waals surface area contributed by atoms with Gasteiger partial charge < -0.3 is 25.3 Å². The van der Waals surface area contributed by atoms with Crippen molar-refractivity contribution < 1.29 is 19.4 Å². The van der Waals surface area contributed by atoms with Crippen molar-refractivity contribution >= 4 is 22.8 Å². The third-order valence-corrected chi connectivity index (χ3v) is 4.08. The maximum atomic E-state index is 10.1. The van der Waals surface area contributed by atoms with Gasteiger partial charge in [-0.25, -0.2) is 19.7 Å². The van der Waals surface area contributed by atoms with Crippen LogP contribution in [-0.2, 0) is 0 Å². The number of methoxy groups -OCH3 is 2. The standard InChI is InChI=1S/C16H14N4O2.C6H5NO2/c1-21-12-5-10(6-13(7-12)22-2)3-4-11-8-18-16-14(11)15(17)19-9-20-16;8-6(9)5-3-1-2-4-7-5/h5-9H,1-2H3,(H3,17,18,19,20);1-4H,(H,8,9). The van der Waals surface area contributed by atoms with Crippen LogP contribution in [0.3, 0.4) is 0 Å². The highest BCUT2D eigenvalue weighted by atomic mass is 16.5. The Kier molecular flexibility index (Phi) is 6.65. The highest BCUT2D eigenvalue weighted by Gasteiger charge is 2.07. The molecule has 0 amide bonds.